The van der Waals surface area contributed by atoms with E-state index in [2.05, 4.69) is 9.71 Å². The lowest BCUT2D eigenvalue weighted by molar-refractivity contribution is 0.551. The average Bonchev–Trinajstić information content (AvgIpc) is 3.23. The Morgan fingerprint density at radius 1 is 0.933 bits per heavy atom. The van der Waals surface area contributed by atoms with Gasteiger partial charge in [0, 0.05) is 17.3 Å². The minimum absolute atomic E-state index is 0.254. The molecular weight excluding hydrogens is 410 g/mol. The van der Waals surface area contributed by atoms with Crippen molar-refractivity contribution in [3.05, 3.63) is 90.3 Å². The van der Waals surface area contributed by atoms with Crippen molar-refractivity contribution in [1.29, 1.82) is 0 Å². The van der Waals surface area contributed by atoms with Crippen LogP contribution in [-0.4, -0.2) is 13.4 Å². The number of benzene rings is 3. The maximum atomic E-state index is 13.9. The molecular formula is C22H16F2N2O3S. The number of aromatic nitrogens is 1. The fraction of sp³-hybridized carbons (Fsp3) is 0.0455. The first kappa shape index (κ1) is 19.8. The van der Waals surface area contributed by atoms with Crippen LogP contribution in [0.2, 0.25) is 0 Å². The van der Waals surface area contributed by atoms with Crippen LogP contribution in [0.15, 0.2) is 82.4 Å². The third-order valence-corrected chi connectivity index (χ3v) is 5.96. The average molecular weight is 426 g/mol. The second-order valence-corrected chi connectivity index (χ2v) is 8.28. The van der Waals surface area contributed by atoms with E-state index in [4.69, 9.17) is 4.42 Å². The molecule has 8 heteroatoms. The zero-order chi connectivity index (χ0) is 21.3. The smallest absolute Gasteiger partial charge is 0.264 e. The number of nitrogens with one attached hydrogen (secondary N) is 1. The van der Waals surface area contributed by atoms with Gasteiger partial charge in [-0.2, -0.15) is 0 Å². The van der Waals surface area contributed by atoms with Crippen molar-refractivity contribution in [2.75, 3.05) is 4.72 Å². The molecule has 0 saturated carbocycles. The van der Waals surface area contributed by atoms with Crippen LogP contribution in [-0.2, 0) is 10.0 Å². The topological polar surface area (TPSA) is 72.2 Å². The van der Waals surface area contributed by atoms with Crippen molar-refractivity contribution in [1.82, 2.24) is 4.98 Å². The molecule has 5 nitrogen and oxygen atoms in total. The maximum Gasteiger partial charge on any atom is 0.264 e. The van der Waals surface area contributed by atoms with Gasteiger partial charge in [-0.3, -0.25) is 4.72 Å². The van der Waals surface area contributed by atoms with E-state index in [1.165, 1.54) is 6.26 Å². The number of anilines is 1. The van der Waals surface area contributed by atoms with Gasteiger partial charge >= 0.3 is 0 Å². The second-order valence-electron chi connectivity index (χ2n) is 6.62. The summed E-state index contributed by atoms with van der Waals surface area (Å²) in [7, 11) is -4.20. The van der Waals surface area contributed by atoms with Gasteiger partial charge in [-0.05, 0) is 60.0 Å². The van der Waals surface area contributed by atoms with E-state index in [0.717, 1.165) is 34.4 Å². The Morgan fingerprint density at radius 3 is 2.33 bits per heavy atom. The molecule has 0 bridgehead atoms. The Bertz CT molecular complexity index is 1300. The summed E-state index contributed by atoms with van der Waals surface area (Å²) < 4.78 is 59.4. The van der Waals surface area contributed by atoms with E-state index in [1.54, 1.807) is 30.5 Å². The summed E-state index contributed by atoms with van der Waals surface area (Å²) in [4.78, 5) is 3.53. The molecule has 0 spiro atoms. The van der Waals surface area contributed by atoms with Crippen molar-refractivity contribution in [3.63, 3.8) is 0 Å². The van der Waals surface area contributed by atoms with Crippen LogP contribution in [0.3, 0.4) is 0 Å². The van der Waals surface area contributed by atoms with Gasteiger partial charge in [0.15, 0.2) is 0 Å². The molecule has 1 heterocycles. The van der Waals surface area contributed by atoms with E-state index in [0.29, 0.717) is 12.0 Å². The first-order valence-corrected chi connectivity index (χ1v) is 10.4. The van der Waals surface area contributed by atoms with Crippen molar-refractivity contribution in [2.24, 2.45) is 0 Å². The number of hydrogen-bond donors (Lipinski definition) is 1. The van der Waals surface area contributed by atoms with Crippen LogP contribution in [0.5, 0.6) is 0 Å². The predicted octanol–water partition coefficient (Wildman–Crippen LogP) is 5.40. The third kappa shape index (κ3) is 3.95. The lowest BCUT2D eigenvalue weighted by Gasteiger charge is -2.11. The van der Waals surface area contributed by atoms with E-state index in [9.17, 15) is 17.2 Å². The molecule has 4 aromatic rings. The van der Waals surface area contributed by atoms with Gasteiger partial charge in [0.1, 0.15) is 22.8 Å². The normalized spacial score (nSPS) is 11.4. The summed E-state index contributed by atoms with van der Waals surface area (Å²) in [6.45, 7) is 1.96. The number of aryl methyl sites for hydroxylation is 1. The molecule has 1 N–H and O–H groups in total. The molecule has 1 aromatic heterocycles. The van der Waals surface area contributed by atoms with Crippen molar-refractivity contribution >= 4 is 15.7 Å². The minimum atomic E-state index is -4.20. The predicted molar refractivity (Wildman–Crippen MR) is 109 cm³/mol. The van der Waals surface area contributed by atoms with Gasteiger partial charge in [-0.25, -0.2) is 22.2 Å². The Labute approximate surface area is 172 Å². The summed E-state index contributed by atoms with van der Waals surface area (Å²) >= 11 is 0. The van der Waals surface area contributed by atoms with Gasteiger partial charge in [0.05, 0.1) is 6.20 Å². The van der Waals surface area contributed by atoms with Crippen LogP contribution in [0.1, 0.15) is 5.56 Å². The monoisotopic (exact) mass is 426 g/mol. The van der Waals surface area contributed by atoms with E-state index in [1.807, 2.05) is 25.1 Å². The quantitative estimate of drug-likeness (QED) is 0.464. The van der Waals surface area contributed by atoms with Crippen LogP contribution in [0.4, 0.5) is 14.5 Å². The molecule has 4 rings (SSSR count). The fourth-order valence-corrected chi connectivity index (χ4v) is 4.17. The standard InChI is InChI=1S/C22H16F2N2O3S/c1-14-2-3-16(22-25-10-11-29-22)12-19(14)15-4-7-18(8-5-15)26-30(27,28)21-9-6-17(23)13-20(21)24/h2-13,26H,1H3. The van der Waals surface area contributed by atoms with Gasteiger partial charge in [-0.15, -0.1) is 0 Å². The molecule has 3 aromatic carbocycles. The molecule has 0 aliphatic rings. The highest BCUT2D eigenvalue weighted by atomic mass is 32.2. The summed E-state index contributed by atoms with van der Waals surface area (Å²) in [5, 5.41) is 0. The molecule has 0 atom stereocenters. The van der Waals surface area contributed by atoms with Gasteiger partial charge < -0.3 is 4.42 Å². The summed E-state index contributed by atoms with van der Waals surface area (Å²) in [6, 6.07) is 14.8. The fourth-order valence-electron chi connectivity index (χ4n) is 3.05. The lowest BCUT2D eigenvalue weighted by atomic mass is 9.98. The Morgan fingerprint density at radius 2 is 1.67 bits per heavy atom. The third-order valence-electron chi connectivity index (χ3n) is 4.55. The van der Waals surface area contributed by atoms with E-state index < -0.39 is 26.6 Å². The molecule has 0 amide bonds. The summed E-state index contributed by atoms with van der Waals surface area (Å²) in [6.07, 6.45) is 3.07. The molecule has 0 aliphatic carbocycles. The molecule has 152 valence electrons. The van der Waals surface area contributed by atoms with E-state index in [-0.39, 0.29) is 5.69 Å². The lowest BCUT2D eigenvalue weighted by Crippen LogP contribution is -2.14. The van der Waals surface area contributed by atoms with Gasteiger partial charge in [0.25, 0.3) is 10.0 Å². The summed E-state index contributed by atoms with van der Waals surface area (Å²) in [5.41, 5.74) is 3.88. The highest BCUT2D eigenvalue weighted by Crippen LogP contribution is 2.30. The Balaban J connectivity index is 1.61. The number of halogens is 2. The highest BCUT2D eigenvalue weighted by molar-refractivity contribution is 7.92. The Hall–Kier alpha value is -3.52. The molecule has 0 unspecified atom stereocenters. The second kappa shape index (κ2) is 7.72. The number of oxazole rings is 1. The number of rotatable bonds is 5. The molecule has 0 radical (unpaired) electrons. The molecule has 0 saturated heterocycles. The zero-order valence-corrected chi connectivity index (χ0v) is 16.6. The number of nitrogens with zero attached hydrogens (tertiary/aromatic N) is 1. The number of hydrogen-bond acceptors (Lipinski definition) is 4. The number of sulfonamides is 1. The van der Waals surface area contributed by atoms with Crippen molar-refractivity contribution in [2.45, 2.75) is 11.8 Å². The summed E-state index contributed by atoms with van der Waals surface area (Å²) in [5.74, 6) is -1.50. The molecule has 30 heavy (non-hydrogen) atoms. The van der Waals surface area contributed by atoms with Gasteiger partial charge in [0.2, 0.25) is 5.89 Å². The highest BCUT2D eigenvalue weighted by Gasteiger charge is 2.19. The van der Waals surface area contributed by atoms with Gasteiger partial charge in [-0.1, -0.05) is 18.2 Å². The van der Waals surface area contributed by atoms with E-state index >= 15 is 0 Å². The van der Waals surface area contributed by atoms with Crippen LogP contribution in [0, 0.1) is 18.6 Å². The SMILES string of the molecule is Cc1ccc(-c2ncco2)cc1-c1ccc(NS(=O)(=O)c2ccc(F)cc2F)cc1. The maximum absolute atomic E-state index is 13.9. The minimum Gasteiger partial charge on any atom is -0.445 e. The van der Waals surface area contributed by atoms with Crippen LogP contribution >= 0.6 is 0 Å². The van der Waals surface area contributed by atoms with Crippen molar-refractivity contribution in [3.8, 4) is 22.6 Å². The zero-order valence-electron chi connectivity index (χ0n) is 15.8. The molecule has 0 aliphatic heterocycles. The first-order valence-electron chi connectivity index (χ1n) is 8.92. The largest absolute Gasteiger partial charge is 0.445 e. The van der Waals surface area contributed by atoms with Crippen molar-refractivity contribution < 1.29 is 21.6 Å². The molecule has 0 fully saturated rings. The van der Waals surface area contributed by atoms with Crippen LogP contribution in [0.25, 0.3) is 22.6 Å². The Kier molecular flexibility index (Phi) is 5.09. The van der Waals surface area contributed by atoms with Crippen LogP contribution < -0.4 is 4.72 Å². The first-order chi connectivity index (χ1) is 14.3.